The van der Waals surface area contributed by atoms with Crippen LogP contribution in [-0.2, 0) is 0 Å². The van der Waals surface area contributed by atoms with Crippen LogP contribution in [0.15, 0.2) is 151 Å². The molecule has 48 heavy (non-hydrogen) atoms. The standard InChI is InChI=1S/C18H11BrO.C12H9BO3.C6H4BrI.CH4.F2.FH/c19-13-10-8-12(9-11-13)14-5-3-6-16-15-4-1-2-7-17(15)20-18(14)16;14-13(15)10-6-3-5-9-8-4-1-2-7-11(8)16-12(9)10;7-5-1-3-6(8)4-2-5;;1-2;/h1-11H;1-7,14-15H;1-4H;1H4;;1H. The van der Waals surface area contributed by atoms with Crippen molar-refractivity contribution in [2.24, 2.45) is 0 Å². The maximum absolute atomic E-state index is 9.24. The highest BCUT2D eigenvalue weighted by molar-refractivity contribution is 14.1. The number of hydrogen-bond donors (Lipinski definition) is 2. The molecule has 11 heteroatoms. The summed E-state index contributed by atoms with van der Waals surface area (Å²) in [4.78, 5) is 0. The largest absolute Gasteiger partial charge is 0.492 e. The van der Waals surface area contributed by atoms with Gasteiger partial charge in [-0.3, -0.25) is 4.70 Å². The minimum Gasteiger partial charge on any atom is -0.456 e. The fourth-order valence-electron chi connectivity index (χ4n) is 5.01. The first-order valence-electron chi connectivity index (χ1n) is 13.9. The van der Waals surface area contributed by atoms with Gasteiger partial charge in [-0.2, -0.15) is 0 Å². The molecule has 0 amide bonds. The molecule has 246 valence electrons. The SMILES string of the molecule is Brc1ccc(-c2cccc3c2oc2ccccc23)cc1.Brc1ccc(I)cc1.C.F.FF.OB(O)c1cccc2c1oc1ccccc12. The molecule has 0 aliphatic heterocycles. The van der Waals surface area contributed by atoms with E-state index in [1.165, 1.54) is 14.3 Å². The number of benzene rings is 6. The number of para-hydroxylation sites is 4. The second kappa shape index (κ2) is 18.2. The van der Waals surface area contributed by atoms with Crippen LogP contribution < -0.4 is 5.46 Å². The lowest BCUT2D eigenvalue weighted by Gasteiger charge is -2.02. The Kier molecular flexibility index (Phi) is 14.7. The number of hydrogen-bond acceptors (Lipinski definition) is 4. The zero-order valence-corrected chi connectivity index (χ0v) is 29.6. The summed E-state index contributed by atoms with van der Waals surface area (Å²) in [6.45, 7) is 0. The molecule has 8 rings (SSSR count). The van der Waals surface area contributed by atoms with Gasteiger partial charge in [-0.1, -0.05) is 124 Å². The van der Waals surface area contributed by atoms with E-state index in [4.69, 9.17) is 18.0 Å². The third-order valence-corrected chi connectivity index (χ3v) is 8.85. The van der Waals surface area contributed by atoms with Crippen LogP contribution in [0.3, 0.4) is 0 Å². The molecule has 2 N–H and O–H groups in total. The van der Waals surface area contributed by atoms with Gasteiger partial charge in [0, 0.05) is 54.2 Å². The van der Waals surface area contributed by atoms with Crippen LogP contribution >= 0.6 is 54.5 Å². The Hall–Kier alpha value is -3.62. The van der Waals surface area contributed by atoms with Gasteiger partial charge in [0.05, 0.1) is 0 Å². The van der Waals surface area contributed by atoms with Crippen molar-refractivity contribution in [2.45, 2.75) is 7.43 Å². The second-order valence-electron chi connectivity index (χ2n) is 9.92. The Bertz CT molecular complexity index is 2190. The Labute approximate surface area is 306 Å². The predicted octanol–water partition coefficient (Wildman–Crippen LogP) is 12.0. The van der Waals surface area contributed by atoms with Crippen molar-refractivity contribution in [1.29, 1.82) is 0 Å². The van der Waals surface area contributed by atoms with Crippen LogP contribution in [0.5, 0.6) is 0 Å². The van der Waals surface area contributed by atoms with Crippen molar-refractivity contribution in [3.8, 4) is 11.1 Å². The van der Waals surface area contributed by atoms with Crippen LogP contribution in [0.1, 0.15) is 7.43 Å². The minimum absolute atomic E-state index is 0. The van der Waals surface area contributed by atoms with Crippen molar-refractivity contribution < 1.29 is 32.7 Å². The molecule has 4 nitrogen and oxygen atoms in total. The van der Waals surface area contributed by atoms with Gasteiger partial charge < -0.3 is 18.9 Å². The molecule has 0 fully saturated rings. The van der Waals surface area contributed by atoms with E-state index in [1.807, 2.05) is 60.7 Å². The zero-order valence-electron chi connectivity index (χ0n) is 24.3. The second-order valence-corrected chi connectivity index (χ2v) is 13.0. The van der Waals surface area contributed by atoms with Gasteiger partial charge in [0.15, 0.2) is 0 Å². The molecular weight excluding hydrogens is 863 g/mol. The molecule has 0 radical (unpaired) electrons. The van der Waals surface area contributed by atoms with E-state index in [1.54, 1.807) is 12.1 Å². The van der Waals surface area contributed by atoms with Crippen LogP contribution in [0.25, 0.3) is 55.0 Å². The first-order chi connectivity index (χ1) is 22.4. The van der Waals surface area contributed by atoms with Gasteiger partial charge >= 0.3 is 7.12 Å². The Balaban J connectivity index is 0.000000201. The highest BCUT2D eigenvalue weighted by Crippen LogP contribution is 2.36. The third-order valence-electron chi connectivity index (χ3n) is 7.08. The van der Waals surface area contributed by atoms with Gasteiger partial charge in [-0.05, 0) is 76.7 Å². The topological polar surface area (TPSA) is 66.7 Å². The molecule has 0 saturated carbocycles. The van der Waals surface area contributed by atoms with E-state index >= 15 is 0 Å². The third kappa shape index (κ3) is 8.89. The fourth-order valence-corrected chi connectivity index (χ4v) is 5.89. The van der Waals surface area contributed by atoms with Crippen molar-refractivity contribution in [3.63, 3.8) is 0 Å². The summed E-state index contributed by atoms with van der Waals surface area (Å²) in [5.41, 5.74) is 5.88. The molecular formula is C37H29BBr2F3IO4. The molecule has 8 aromatic rings. The Morgan fingerprint density at radius 2 is 0.979 bits per heavy atom. The summed E-state index contributed by atoms with van der Waals surface area (Å²) < 4.78 is 31.2. The van der Waals surface area contributed by atoms with Crippen LogP contribution in [0.2, 0.25) is 0 Å². The minimum atomic E-state index is -1.51. The molecule has 0 unspecified atom stereocenters. The molecule has 0 spiro atoms. The number of rotatable bonds is 2. The molecule has 0 aliphatic carbocycles. The fraction of sp³-hybridized carbons (Fsp3) is 0.0270. The highest BCUT2D eigenvalue weighted by Gasteiger charge is 2.18. The first-order valence-corrected chi connectivity index (χ1v) is 16.5. The molecule has 6 aromatic carbocycles. The van der Waals surface area contributed by atoms with Crippen molar-refractivity contribution in [3.05, 3.63) is 146 Å². The van der Waals surface area contributed by atoms with Gasteiger partial charge in [-0.25, -0.2) is 0 Å². The average molecular weight is 892 g/mol. The molecule has 0 aliphatic rings. The summed E-state index contributed by atoms with van der Waals surface area (Å²) in [5.74, 6) is 0. The van der Waals surface area contributed by atoms with E-state index in [0.717, 1.165) is 47.6 Å². The van der Waals surface area contributed by atoms with E-state index < -0.39 is 7.12 Å². The van der Waals surface area contributed by atoms with Gasteiger partial charge in [-0.15, -0.1) is 0 Å². The Morgan fingerprint density at radius 3 is 1.50 bits per heavy atom. The van der Waals surface area contributed by atoms with Crippen LogP contribution in [0, 0.1) is 3.57 Å². The summed E-state index contributed by atoms with van der Waals surface area (Å²) in [6.07, 6.45) is 0. The van der Waals surface area contributed by atoms with Crippen molar-refractivity contribution in [1.82, 2.24) is 0 Å². The average Bonchev–Trinajstić information content (AvgIpc) is 3.67. The lowest BCUT2D eigenvalue weighted by atomic mass is 9.79. The van der Waals surface area contributed by atoms with E-state index in [9.17, 15) is 10.0 Å². The summed E-state index contributed by atoms with van der Waals surface area (Å²) >= 11 is 9.09. The molecule has 0 saturated heterocycles. The first kappa shape index (κ1) is 38.8. The van der Waals surface area contributed by atoms with Crippen LogP contribution in [0.4, 0.5) is 13.9 Å². The number of furan rings is 2. The normalized spacial score (nSPS) is 10.1. The summed E-state index contributed by atoms with van der Waals surface area (Å²) in [6, 6.07) is 43.9. The van der Waals surface area contributed by atoms with Crippen molar-refractivity contribution >= 4 is 111 Å². The van der Waals surface area contributed by atoms with Crippen LogP contribution in [-0.4, -0.2) is 17.2 Å². The Morgan fingerprint density at radius 1 is 0.542 bits per heavy atom. The monoisotopic (exact) mass is 890 g/mol. The van der Waals surface area contributed by atoms with Crippen molar-refractivity contribution in [2.75, 3.05) is 0 Å². The lowest BCUT2D eigenvalue weighted by Crippen LogP contribution is -2.29. The molecule has 2 aromatic heterocycles. The smallest absolute Gasteiger partial charge is 0.456 e. The molecule has 0 atom stereocenters. The number of fused-ring (bicyclic) bond motifs is 6. The van der Waals surface area contributed by atoms with E-state index in [-0.39, 0.29) is 12.1 Å². The maximum Gasteiger partial charge on any atom is 0.492 e. The van der Waals surface area contributed by atoms with Gasteiger partial charge in [0.25, 0.3) is 0 Å². The van der Waals surface area contributed by atoms with Gasteiger partial charge in [0.1, 0.15) is 22.3 Å². The maximum atomic E-state index is 9.24. The predicted molar refractivity (Wildman–Crippen MR) is 209 cm³/mol. The molecule has 0 bridgehead atoms. The number of halogens is 6. The summed E-state index contributed by atoms with van der Waals surface area (Å²) in [5, 5.41) is 22.7. The quantitative estimate of drug-likeness (QED) is 0.134. The molecule has 2 heterocycles. The van der Waals surface area contributed by atoms with E-state index in [0.29, 0.717) is 11.0 Å². The zero-order chi connectivity index (χ0) is 32.6. The van der Waals surface area contributed by atoms with E-state index in [2.05, 4.69) is 115 Å². The lowest BCUT2D eigenvalue weighted by molar-refractivity contribution is 0.108. The highest BCUT2D eigenvalue weighted by atomic mass is 127. The summed E-state index contributed by atoms with van der Waals surface area (Å²) in [7, 11) is -1.51. The van der Waals surface area contributed by atoms with Gasteiger partial charge in [0.2, 0.25) is 0 Å².